The maximum atomic E-state index is 11.9. The minimum Gasteiger partial charge on any atom is -0.465 e. The quantitative estimate of drug-likeness (QED) is 0.601. The molecule has 102 valence electrons. The predicted octanol–water partition coefficient (Wildman–Crippen LogP) is 1.68. The highest BCUT2D eigenvalue weighted by Gasteiger charge is 2.26. The van der Waals surface area contributed by atoms with Crippen molar-refractivity contribution in [2.75, 3.05) is 13.7 Å². The number of methoxy groups -OCH3 is 1. The summed E-state index contributed by atoms with van der Waals surface area (Å²) >= 11 is 0. The molecule has 0 aliphatic carbocycles. The number of rotatable bonds is 5. The van der Waals surface area contributed by atoms with Crippen LogP contribution in [0.25, 0.3) is 0 Å². The largest absolute Gasteiger partial charge is 0.465 e. The van der Waals surface area contributed by atoms with Gasteiger partial charge in [-0.1, -0.05) is 0 Å². The number of aryl methyl sites for hydroxylation is 1. The van der Waals surface area contributed by atoms with Crippen LogP contribution in [0.3, 0.4) is 0 Å². The second-order valence-corrected chi connectivity index (χ2v) is 3.57. The lowest BCUT2D eigenvalue weighted by molar-refractivity contribution is -0.146. The van der Waals surface area contributed by atoms with E-state index in [9.17, 15) is 18.0 Å². The Morgan fingerprint density at radius 1 is 1.50 bits per heavy atom. The highest BCUT2D eigenvalue weighted by Crippen LogP contribution is 2.19. The summed E-state index contributed by atoms with van der Waals surface area (Å²) in [5.74, 6) is -0.600. The van der Waals surface area contributed by atoms with Gasteiger partial charge in [0, 0.05) is 13.2 Å². The topological polar surface area (TPSA) is 53.4 Å². The fraction of sp³-hybridized carbons (Fsp3) is 0.600. The van der Waals surface area contributed by atoms with Crippen LogP contribution < -0.4 is 0 Å². The minimum atomic E-state index is -4.25. The zero-order valence-corrected chi connectivity index (χ0v) is 9.95. The van der Waals surface area contributed by atoms with Crippen LogP contribution in [0.2, 0.25) is 0 Å². The summed E-state index contributed by atoms with van der Waals surface area (Å²) in [7, 11) is 2.80. The number of alkyl halides is 3. The van der Waals surface area contributed by atoms with Gasteiger partial charge < -0.3 is 9.47 Å². The molecule has 8 heteroatoms. The molecule has 0 spiro atoms. The fourth-order valence-electron chi connectivity index (χ4n) is 1.28. The van der Waals surface area contributed by atoms with Gasteiger partial charge in [0.2, 0.25) is 0 Å². The molecule has 0 radical (unpaired) electrons. The first kappa shape index (κ1) is 14.5. The molecule has 1 heterocycles. The maximum Gasteiger partial charge on any atom is 0.391 e. The molecule has 0 aliphatic heterocycles. The number of halogens is 3. The van der Waals surface area contributed by atoms with Gasteiger partial charge in [0.1, 0.15) is 11.3 Å². The molecule has 0 amide bonds. The molecule has 1 aromatic heterocycles. The van der Waals surface area contributed by atoms with Crippen molar-refractivity contribution in [3.8, 4) is 0 Å². The number of hydrogen-bond acceptors (Lipinski definition) is 4. The van der Waals surface area contributed by atoms with E-state index in [0.29, 0.717) is 0 Å². The van der Waals surface area contributed by atoms with E-state index in [1.54, 1.807) is 7.05 Å². The van der Waals surface area contributed by atoms with E-state index in [1.807, 2.05) is 0 Å². The minimum absolute atomic E-state index is 0.165. The molecule has 0 saturated carbocycles. The van der Waals surface area contributed by atoms with Crippen LogP contribution in [0.5, 0.6) is 0 Å². The van der Waals surface area contributed by atoms with Crippen LogP contribution in [0.1, 0.15) is 22.5 Å². The normalized spacial score (nSPS) is 11.6. The summed E-state index contributed by atoms with van der Waals surface area (Å²) in [6.45, 7) is -0.637. The van der Waals surface area contributed by atoms with E-state index in [0.717, 1.165) is 0 Å². The maximum absolute atomic E-state index is 11.9. The van der Waals surface area contributed by atoms with Gasteiger partial charge in [-0.05, 0) is 0 Å². The highest BCUT2D eigenvalue weighted by atomic mass is 19.4. The van der Waals surface area contributed by atoms with Crippen molar-refractivity contribution in [1.82, 2.24) is 9.78 Å². The summed E-state index contributed by atoms with van der Waals surface area (Å²) in [4.78, 5) is 11.3. The van der Waals surface area contributed by atoms with E-state index in [1.165, 1.54) is 18.0 Å². The van der Waals surface area contributed by atoms with Gasteiger partial charge in [-0.15, -0.1) is 0 Å². The second-order valence-electron chi connectivity index (χ2n) is 3.57. The van der Waals surface area contributed by atoms with Crippen LogP contribution in [-0.2, 0) is 23.1 Å². The number of carbonyl (C=O) groups excluding carboxylic acids is 1. The average Bonchev–Trinajstić information content (AvgIpc) is 2.63. The molecule has 18 heavy (non-hydrogen) atoms. The highest BCUT2D eigenvalue weighted by molar-refractivity contribution is 5.90. The lowest BCUT2D eigenvalue weighted by Gasteiger charge is -2.06. The summed E-state index contributed by atoms with van der Waals surface area (Å²) < 4.78 is 46.4. The van der Waals surface area contributed by atoms with Crippen molar-refractivity contribution >= 4 is 5.97 Å². The summed E-state index contributed by atoms with van der Waals surface area (Å²) in [6, 6.07) is 0. The van der Waals surface area contributed by atoms with E-state index in [-0.39, 0.29) is 17.9 Å². The van der Waals surface area contributed by atoms with Crippen molar-refractivity contribution in [3.63, 3.8) is 0 Å². The Kier molecular flexibility index (Phi) is 4.71. The lowest BCUT2D eigenvalue weighted by atomic mass is 10.2. The van der Waals surface area contributed by atoms with Crippen molar-refractivity contribution in [2.45, 2.75) is 19.2 Å². The Morgan fingerprint density at radius 3 is 2.72 bits per heavy atom. The molecule has 5 nitrogen and oxygen atoms in total. The van der Waals surface area contributed by atoms with Crippen molar-refractivity contribution < 1.29 is 27.4 Å². The summed E-state index contributed by atoms with van der Waals surface area (Å²) in [6.07, 6.45) is -3.86. The monoisotopic (exact) mass is 266 g/mol. The Labute approximate surface area is 101 Å². The number of carbonyl (C=O) groups is 1. The molecule has 0 bridgehead atoms. The van der Waals surface area contributed by atoms with Crippen molar-refractivity contribution in [1.29, 1.82) is 0 Å². The zero-order chi connectivity index (χ0) is 13.8. The second kappa shape index (κ2) is 5.85. The first-order valence-electron chi connectivity index (χ1n) is 5.09. The number of ether oxygens (including phenoxy) is 2. The standard InChI is InChI=1S/C10H13F3N2O3/c1-15-5-7(9(16)17-2)8(14-15)6-18-4-3-10(11,12)13/h5H,3-4,6H2,1-2H3. The average molecular weight is 266 g/mol. The molecule has 0 fully saturated rings. The van der Waals surface area contributed by atoms with E-state index in [2.05, 4.69) is 9.84 Å². The van der Waals surface area contributed by atoms with Crippen LogP contribution in [0, 0.1) is 0 Å². The van der Waals surface area contributed by atoms with Crippen LogP contribution in [0.15, 0.2) is 6.20 Å². The van der Waals surface area contributed by atoms with Crippen LogP contribution >= 0.6 is 0 Å². The lowest BCUT2D eigenvalue weighted by Crippen LogP contribution is -2.12. The van der Waals surface area contributed by atoms with E-state index < -0.39 is 25.2 Å². The Bertz CT molecular complexity index is 415. The SMILES string of the molecule is COC(=O)c1cn(C)nc1COCCC(F)(F)F. The summed E-state index contributed by atoms with van der Waals surface area (Å²) in [5, 5.41) is 3.92. The smallest absolute Gasteiger partial charge is 0.391 e. The number of aromatic nitrogens is 2. The predicted molar refractivity (Wildman–Crippen MR) is 54.9 cm³/mol. The van der Waals surface area contributed by atoms with Gasteiger partial charge in [0.05, 0.1) is 26.7 Å². The molecule has 1 aromatic rings. The molecule has 0 aliphatic rings. The molecule has 0 unspecified atom stereocenters. The fourth-order valence-corrected chi connectivity index (χ4v) is 1.28. The number of hydrogen-bond donors (Lipinski definition) is 0. The van der Waals surface area contributed by atoms with Gasteiger partial charge in [0.15, 0.2) is 0 Å². The molecular formula is C10H13F3N2O3. The number of nitrogens with zero attached hydrogens (tertiary/aromatic N) is 2. The Hall–Kier alpha value is -1.57. The van der Waals surface area contributed by atoms with Crippen LogP contribution in [0.4, 0.5) is 13.2 Å². The van der Waals surface area contributed by atoms with Gasteiger partial charge >= 0.3 is 12.1 Å². The van der Waals surface area contributed by atoms with E-state index in [4.69, 9.17) is 4.74 Å². The van der Waals surface area contributed by atoms with Gasteiger partial charge in [-0.2, -0.15) is 18.3 Å². The summed E-state index contributed by atoms with van der Waals surface area (Å²) in [5.41, 5.74) is 0.443. The zero-order valence-electron chi connectivity index (χ0n) is 9.95. The molecule has 0 saturated heterocycles. The van der Waals surface area contributed by atoms with Crippen molar-refractivity contribution in [3.05, 3.63) is 17.5 Å². The molecule has 1 rings (SSSR count). The third-order valence-corrected chi connectivity index (χ3v) is 2.08. The van der Waals surface area contributed by atoms with Crippen molar-refractivity contribution in [2.24, 2.45) is 7.05 Å². The Morgan fingerprint density at radius 2 is 2.17 bits per heavy atom. The first-order valence-corrected chi connectivity index (χ1v) is 5.09. The third-order valence-electron chi connectivity index (χ3n) is 2.08. The van der Waals surface area contributed by atoms with Gasteiger partial charge in [-0.3, -0.25) is 4.68 Å². The number of esters is 1. The van der Waals surface area contributed by atoms with Crippen LogP contribution in [-0.4, -0.2) is 35.6 Å². The third kappa shape index (κ3) is 4.36. The molecule has 0 atom stereocenters. The molecule has 0 aromatic carbocycles. The van der Waals surface area contributed by atoms with Gasteiger partial charge in [-0.25, -0.2) is 4.79 Å². The molecular weight excluding hydrogens is 253 g/mol. The van der Waals surface area contributed by atoms with E-state index >= 15 is 0 Å². The molecule has 0 N–H and O–H groups in total. The Balaban J connectivity index is 2.54. The first-order chi connectivity index (χ1) is 8.33. The van der Waals surface area contributed by atoms with Gasteiger partial charge in [0.25, 0.3) is 0 Å².